The van der Waals surface area contributed by atoms with Crippen molar-refractivity contribution in [3.05, 3.63) is 42.6 Å². The lowest BCUT2D eigenvalue weighted by molar-refractivity contribution is -0.121. The maximum Gasteiger partial charge on any atom is 0.265 e. The molecule has 0 unspecified atom stereocenters. The number of benzene rings is 1. The van der Waals surface area contributed by atoms with Crippen molar-refractivity contribution in [2.75, 3.05) is 23.4 Å². The molecule has 1 aromatic carbocycles. The first-order chi connectivity index (χ1) is 11.1. The highest BCUT2D eigenvalue weighted by Crippen LogP contribution is 2.31. The largest absolute Gasteiger partial charge is 0.504 e. The fourth-order valence-corrected chi connectivity index (χ4v) is 2.30. The lowest BCUT2D eigenvalue weighted by Crippen LogP contribution is -2.40. The van der Waals surface area contributed by atoms with Gasteiger partial charge in [-0.2, -0.15) is 0 Å². The number of pyridine rings is 1. The van der Waals surface area contributed by atoms with Gasteiger partial charge in [0.05, 0.1) is 5.69 Å². The van der Waals surface area contributed by atoms with Gasteiger partial charge < -0.3 is 20.1 Å². The molecule has 7 nitrogen and oxygen atoms in total. The molecule has 0 aliphatic carbocycles. The van der Waals surface area contributed by atoms with Crippen LogP contribution in [0.15, 0.2) is 42.6 Å². The summed E-state index contributed by atoms with van der Waals surface area (Å²) in [5.74, 6) is 0.0858. The van der Waals surface area contributed by atoms with Gasteiger partial charge in [0, 0.05) is 19.2 Å². The number of amides is 2. The van der Waals surface area contributed by atoms with Gasteiger partial charge in [0.25, 0.3) is 5.91 Å². The van der Waals surface area contributed by atoms with Crippen molar-refractivity contribution in [2.24, 2.45) is 0 Å². The Morgan fingerprint density at radius 1 is 1.30 bits per heavy atom. The normalized spacial score (nSPS) is 13.2. The lowest BCUT2D eigenvalue weighted by Gasteiger charge is -2.29. The fraction of sp³-hybridized carbons (Fsp3) is 0.188. The summed E-state index contributed by atoms with van der Waals surface area (Å²) in [6.07, 6.45) is 1.55. The number of aromatic nitrogens is 1. The number of hydrogen-bond acceptors (Lipinski definition) is 5. The molecular formula is C16H15N3O4. The molecular weight excluding hydrogens is 298 g/mol. The predicted octanol–water partition coefficient (Wildman–Crippen LogP) is 1.54. The van der Waals surface area contributed by atoms with Gasteiger partial charge in [-0.1, -0.05) is 12.1 Å². The number of aromatic hydroxyl groups is 1. The summed E-state index contributed by atoms with van der Waals surface area (Å²) < 4.78 is 5.35. The van der Waals surface area contributed by atoms with Crippen molar-refractivity contribution >= 4 is 23.3 Å². The van der Waals surface area contributed by atoms with Crippen LogP contribution in [-0.4, -0.2) is 35.1 Å². The molecule has 1 aliphatic heterocycles. The van der Waals surface area contributed by atoms with Crippen LogP contribution in [0.1, 0.15) is 6.42 Å². The van der Waals surface area contributed by atoms with E-state index >= 15 is 0 Å². The summed E-state index contributed by atoms with van der Waals surface area (Å²) in [5, 5.41) is 12.1. The average Bonchev–Trinajstić information content (AvgIpc) is 2.56. The van der Waals surface area contributed by atoms with E-state index in [0.29, 0.717) is 11.4 Å². The molecule has 7 heteroatoms. The van der Waals surface area contributed by atoms with Crippen LogP contribution in [0, 0.1) is 0 Å². The lowest BCUT2D eigenvalue weighted by atomic mass is 10.2. The van der Waals surface area contributed by atoms with E-state index < -0.39 is 0 Å². The third-order valence-electron chi connectivity index (χ3n) is 3.41. The topological polar surface area (TPSA) is 91.8 Å². The van der Waals surface area contributed by atoms with Crippen LogP contribution in [-0.2, 0) is 9.59 Å². The second kappa shape index (κ2) is 6.35. The third-order valence-corrected chi connectivity index (χ3v) is 3.41. The van der Waals surface area contributed by atoms with Gasteiger partial charge in [0.15, 0.2) is 18.2 Å². The molecule has 23 heavy (non-hydrogen) atoms. The highest BCUT2D eigenvalue weighted by molar-refractivity contribution is 5.99. The van der Waals surface area contributed by atoms with Crippen molar-refractivity contribution in [1.82, 2.24) is 4.98 Å². The van der Waals surface area contributed by atoms with E-state index in [-0.39, 0.29) is 43.0 Å². The van der Waals surface area contributed by atoms with Gasteiger partial charge in [-0.25, -0.2) is 4.98 Å². The van der Waals surface area contributed by atoms with Gasteiger partial charge in [-0.3, -0.25) is 9.59 Å². The zero-order valence-corrected chi connectivity index (χ0v) is 12.2. The van der Waals surface area contributed by atoms with Crippen LogP contribution in [0.5, 0.6) is 11.5 Å². The molecule has 0 saturated heterocycles. The summed E-state index contributed by atoms with van der Waals surface area (Å²) in [7, 11) is 0. The molecule has 2 N–H and O–H groups in total. The quantitative estimate of drug-likeness (QED) is 0.893. The van der Waals surface area contributed by atoms with E-state index in [2.05, 4.69) is 10.3 Å². The Bertz CT molecular complexity index is 748. The molecule has 0 fully saturated rings. The number of carbonyl (C=O) groups excluding carboxylic acids is 2. The molecule has 1 aliphatic rings. The molecule has 0 saturated carbocycles. The van der Waals surface area contributed by atoms with Gasteiger partial charge >= 0.3 is 0 Å². The number of hydrogen-bond donors (Lipinski definition) is 2. The van der Waals surface area contributed by atoms with E-state index in [4.69, 9.17) is 4.74 Å². The molecule has 0 radical (unpaired) electrons. The maximum atomic E-state index is 12.0. The first-order valence-electron chi connectivity index (χ1n) is 7.11. The summed E-state index contributed by atoms with van der Waals surface area (Å²) in [6.45, 7) is 0.179. The number of nitrogens with one attached hydrogen (secondary N) is 1. The number of ether oxygens (including phenoxy) is 1. The number of para-hydroxylation sites is 2. The Morgan fingerprint density at radius 2 is 2.13 bits per heavy atom. The molecule has 0 bridgehead atoms. The molecule has 1 aromatic heterocycles. The smallest absolute Gasteiger partial charge is 0.265 e. The minimum absolute atomic E-state index is 0.0420. The predicted molar refractivity (Wildman–Crippen MR) is 83.4 cm³/mol. The Kier molecular flexibility index (Phi) is 4.09. The molecule has 2 amide bonds. The van der Waals surface area contributed by atoms with Gasteiger partial charge in [-0.15, -0.1) is 0 Å². The van der Waals surface area contributed by atoms with Crippen molar-refractivity contribution in [1.29, 1.82) is 0 Å². The molecule has 3 rings (SSSR count). The minimum Gasteiger partial charge on any atom is -0.504 e. The van der Waals surface area contributed by atoms with E-state index in [9.17, 15) is 14.7 Å². The van der Waals surface area contributed by atoms with Crippen LogP contribution in [0.25, 0.3) is 0 Å². The highest BCUT2D eigenvalue weighted by Gasteiger charge is 2.25. The zero-order chi connectivity index (χ0) is 16.2. The van der Waals surface area contributed by atoms with Crippen LogP contribution >= 0.6 is 0 Å². The van der Waals surface area contributed by atoms with Gasteiger partial charge in [0.1, 0.15) is 5.75 Å². The Morgan fingerprint density at radius 3 is 2.96 bits per heavy atom. The molecule has 0 spiro atoms. The zero-order valence-electron chi connectivity index (χ0n) is 12.2. The fourth-order valence-electron chi connectivity index (χ4n) is 2.30. The third kappa shape index (κ3) is 3.23. The second-order valence-corrected chi connectivity index (χ2v) is 4.97. The van der Waals surface area contributed by atoms with Crippen molar-refractivity contribution in [3.63, 3.8) is 0 Å². The Hall–Kier alpha value is -3.09. The summed E-state index contributed by atoms with van der Waals surface area (Å²) in [5.41, 5.74) is 0.650. The van der Waals surface area contributed by atoms with Crippen molar-refractivity contribution < 1.29 is 19.4 Å². The standard InChI is InChI=1S/C16H15N3O4/c20-12-5-3-8-17-16(12)18-14(21)7-9-19-11-4-1-2-6-13(11)23-10-15(19)22/h1-6,8,20H,7,9-10H2,(H,17,18,21). The van der Waals surface area contributed by atoms with Crippen LogP contribution in [0.3, 0.4) is 0 Å². The summed E-state index contributed by atoms with van der Waals surface area (Å²) >= 11 is 0. The van der Waals surface area contributed by atoms with Gasteiger partial charge in [0.2, 0.25) is 5.91 Å². The Labute approximate surface area is 132 Å². The monoisotopic (exact) mass is 313 g/mol. The number of nitrogens with zero attached hydrogens (tertiary/aromatic N) is 2. The first-order valence-corrected chi connectivity index (χ1v) is 7.11. The maximum absolute atomic E-state index is 12.0. The van der Waals surface area contributed by atoms with Crippen LogP contribution in [0.2, 0.25) is 0 Å². The summed E-state index contributed by atoms with van der Waals surface area (Å²) in [6, 6.07) is 10.2. The molecule has 118 valence electrons. The average molecular weight is 313 g/mol. The van der Waals surface area contributed by atoms with Crippen LogP contribution < -0.4 is 15.0 Å². The van der Waals surface area contributed by atoms with E-state index in [0.717, 1.165) is 0 Å². The molecule has 2 aromatic rings. The van der Waals surface area contributed by atoms with Crippen molar-refractivity contribution in [3.8, 4) is 11.5 Å². The number of fused-ring (bicyclic) bond motifs is 1. The van der Waals surface area contributed by atoms with E-state index in [1.807, 2.05) is 6.07 Å². The van der Waals surface area contributed by atoms with E-state index in [1.54, 1.807) is 24.3 Å². The Balaban J connectivity index is 1.65. The van der Waals surface area contributed by atoms with Crippen molar-refractivity contribution in [2.45, 2.75) is 6.42 Å². The molecule has 0 atom stereocenters. The SMILES string of the molecule is O=C(CCN1C(=O)COc2ccccc21)Nc1ncccc1O. The van der Waals surface area contributed by atoms with Crippen LogP contribution in [0.4, 0.5) is 11.5 Å². The highest BCUT2D eigenvalue weighted by atomic mass is 16.5. The number of carbonyl (C=O) groups is 2. The van der Waals surface area contributed by atoms with Gasteiger partial charge in [-0.05, 0) is 24.3 Å². The first kappa shape index (κ1) is 14.8. The number of anilines is 2. The minimum atomic E-state index is -0.337. The summed E-state index contributed by atoms with van der Waals surface area (Å²) in [4.78, 5) is 29.4. The molecule has 2 heterocycles. The van der Waals surface area contributed by atoms with E-state index in [1.165, 1.54) is 17.2 Å². The number of rotatable bonds is 4. The second-order valence-electron chi connectivity index (χ2n) is 4.97.